The molecule has 0 radical (unpaired) electrons. The SMILES string of the molecule is Oc1c(O)c(O)c(-c2ncnc(-c3cccc4c5c(sc34)CCC=C5)n2)c(O)c1O. The lowest BCUT2D eigenvalue weighted by Gasteiger charge is -2.11. The molecule has 0 amide bonds. The topological polar surface area (TPSA) is 140 Å². The number of hydrogen-bond acceptors (Lipinski definition) is 9. The second-order valence-electron chi connectivity index (χ2n) is 6.81. The fourth-order valence-corrected chi connectivity index (χ4v) is 4.90. The molecule has 2 aromatic heterocycles. The molecule has 1 aliphatic carbocycles. The van der Waals surface area contributed by atoms with Crippen molar-refractivity contribution in [3.05, 3.63) is 41.0 Å². The number of benzene rings is 2. The van der Waals surface area contributed by atoms with Gasteiger partial charge in [-0.25, -0.2) is 15.0 Å². The molecule has 4 aromatic rings. The third-order valence-electron chi connectivity index (χ3n) is 5.06. The normalized spacial score (nSPS) is 12.9. The molecule has 30 heavy (non-hydrogen) atoms. The summed E-state index contributed by atoms with van der Waals surface area (Å²) in [5, 5.41) is 50.7. The Hall–Kier alpha value is -3.85. The van der Waals surface area contributed by atoms with Crippen molar-refractivity contribution in [2.45, 2.75) is 12.8 Å². The van der Waals surface area contributed by atoms with Crippen LogP contribution in [-0.2, 0) is 6.42 Å². The first-order valence-corrected chi connectivity index (χ1v) is 9.88. The summed E-state index contributed by atoms with van der Waals surface area (Å²) in [6.45, 7) is 0. The zero-order valence-corrected chi connectivity index (χ0v) is 16.2. The molecule has 9 heteroatoms. The zero-order chi connectivity index (χ0) is 21.0. The molecule has 0 spiro atoms. The average molecular weight is 421 g/mol. The number of allylic oxidation sites excluding steroid dienone is 1. The first-order valence-electron chi connectivity index (χ1n) is 9.06. The van der Waals surface area contributed by atoms with Gasteiger partial charge in [0.25, 0.3) is 0 Å². The van der Waals surface area contributed by atoms with E-state index in [4.69, 9.17) is 0 Å². The Morgan fingerprint density at radius 3 is 2.30 bits per heavy atom. The van der Waals surface area contributed by atoms with Crippen molar-refractivity contribution < 1.29 is 25.5 Å². The van der Waals surface area contributed by atoms with Gasteiger partial charge in [0.1, 0.15) is 11.9 Å². The molecule has 5 N–H and O–H groups in total. The molecule has 2 aromatic carbocycles. The van der Waals surface area contributed by atoms with Crippen LogP contribution < -0.4 is 0 Å². The monoisotopic (exact) mass is 421 g/mol. The molecule has 150 valence electrons. The van der Waals surface area contributed by atoms with E-state index >= 15 is 0 Å². The molecule has 1 aliphatic rings. The van der Waals surface area contributed by atoms with Crippen LogP contribution in [0.4, 0.5) is 0 Å². The van der Waals surface area contributed by atoms with Crippen LogP contribution in [0.1, 0.15) is 16.9 Å². The summed E-state index contributed by atoms with van der Waals surface area (Å²) in [5.74, 6) is -4.57. The maximum atomic E-state index is 10.2. The predicted octanol–water partition coefficient (Wildman–Crippen LogP) is 3.91. The molecular formula is C21H15N3O5S. The smallest absolute Gasteiger partial charge is 0.208 e. The van der Waals surface area contributed by atoms with Crippen molar-refractivity contribution >= 4 is 27.5 Å². The Morgan fingerprint density at radius 2 is 1.53 bits per heavy atom. The third kappa shape index (κ3) is 2.56. The minimum atomic E-state index is -1.04. The molecule has 5 rings (SSSR count). The van der Waals surface area contributed by atoms with Gasteiger partial charge in [0.05, 0.1) is 0 Å². The van der Waals surface area contributed by atoms with Gasteiger partial charge >= 0.3 is 0 Å². The number of fused-ring (bicyclic) bond motifs is 3. The van der Waals surface area contributed by atoms with E-state index in [1.807, 2.05) is 18.2 Å². The molecular weight excluding hydrogens is 406 g/mol. The first-order chi connectivity index (χ1) is 14.5. The fourth-order valence-electron chi connectivity index (χ4n) is 3.59. The highest BCUT2D eigenvalue weighted by molar-refractivity contribution is 7.20. The van der Waals surface area contributed by atoms with Crippen LogP contribution in [0.15, 0.2) is 30.6 Å². The summed E-state index contributed by atoms with van der Waals surface area (Å²) in [6, 6.07) is 5.82. The third-order valence-corrected chi connectivity index (χ3v) is 6.38. The summed E-state index contributed by atoms with van der Waals surface area (Å²) in [7, 11) is 0. The molecule has 0 atom stereocenters. The van der Waals surface area contributed by atoms with Crippen molar-refractivity contribution in [2.24, 2.45) is 0 Å². The molecule has 0 bridgehead atoms. The van der Waals surface area contributed by atoms with Gasteiger partial charge in [-0.1, -0.05) is 24.3 Å². The van der Waals surface area contributed by atoms with Gasteiger partial charge in [0.2, 0.25) is 17.2 Å². The molecule has 8 nitrogen and oxygen atoms in total. The van der Waals surface area contributed by atoms with Crippen LogP contribution in [0.25, 0.3) is 38.9 Å². The second-order valence-corrected chi connectivity index (χ2v) is 7.92. The molecule has 0 fully saturated rings. The highest BCUT2D eigenvalue weighted by Crippen LogP contribution is 2.54. The lowest BCUT2D eigenvalue weighted by molar-refractivity contribution is 0.329. The molecule has 0 saturated heterocycles. The van der Waals surface area contributed by atoms with E-state index in [2.05, 4.69) is 27.1 Å². The molecule has 0 saturated carbocycles. The average Bonchev–Trinajstić information content (AvgIpc) is 3.15. The minimum absolute atomic E-state index is 0.168. The highest BCUT2D eigenvalue weighted by Gasteiger charge is 2.26. The number of aryl methyl sites for hydroxylation is 1. The quantitative estimate of drug-likeness (QED) is 0.242. The number of phenols is 5. The van der Waals surface area contributed by atoms with Gasteiger partial charge in [-0.2, -0.15) is 0 Å². The second kappa shape index (κ2) is 6.60. The van der Waals surface area contributed by atoms with Crippen molar-refractivity contribution in [3.8, 4) is 51.5 Å². The van der Waals surface area contributed by atoms with Crippen molar-refractivity contribution in [3.63, 3.8) is 0 Å². The number of hydrogen-bond donors (Lipinski definition) is 5. The highest BCUT2D eigenvalue weighted by atomic mass is 32.1. The van der Waals surface area contributed by atoms with Crippen LogP contribution >= 0.6 is 11.3 Å². The molecule has 2 heterocycles. The largest absolute Gasteiger partial charge is 0.504 e. The van der Waals surface area contributed by atoms with E-state index in [9.17, 15) is 25.5 Å². The van der Waals surface area contributed by atoms with Crippen LogP contribution in [0, 0.1) is 0 Å². The Bertz CT molecular complexity index is 1330. The summed E-state index contributed by atoms with van der Waals surface area (Å²) in [5.41, 5.74) is 1.54. The number of phenolic OH excluding ortho intramolecular Hbond substituents is 5. The van der Waals surface area contributed by atoms with E-state index < -0.39 is 34.3 Å². The van der Waals surface area contributed by atoms with Crippen LogP contribution in [0.3, 0.4) is 0 Å². The summed E-state index contributed by atoms with van der Waals surface area (Å²) in [6.07, 6.45) is 7.46. The van der Waals surface area contributed by atoms with Gasteiger partial charge in [0.15, 0.2) is 23.1 Å². The maximum absolute atomic E-state index is 10.2. The lowest BCUT2D eigenvalue weighted by Crippen LogP contribution is -1.96. The predicted molar refractivity (Wildman–Crippen MR) is 112 cm³/mol. The fraction of sp³-hybridized carbons (Fsp3) is 0.0952. The van der Waals surface area contributed by atoms with Gasteiger partial charge < -0.3 is 25.5 Å². The number of thiophene rings is 1. The van der Waals surface area contributed by atoms with Gasteiger partial charge in [0, 0.05) is 20.5 Å². The number of aromatic nitrogens is 3. The Labute approximate surface area is 173 Å². The Balaban J connectivity index is 1.72. The molecule has 0 unspecified atom stereocenters. The summed E-state index contributed by atoms with van der Waals surface area (Å²) in [4.78, 5) is 13.8. The maximum Gasteiger partial charge on any atom is 0.208 e. The van der Waals surface area contributed by atoms with Crippen LogP contribution in [0.2, 0.25) is 0 Å². The van der Waals surface area contributed by atoms with E-state index in [0.29, 0.717) is 5.82 Å². The number of aromatic hydroxyl groups is 5. The van der Waals surface area contributed by atoms with Gasteiger partial charge in [-0.3, -0.25) is 0 Å². The van der Waals surface area contributed by atoms with Crippen LogP contribution in [-0.4, -0.2) is 40.5 Å². The Morgan fingerprint density at radius 1 is 0.833 bits per heavy atom. The van der Waals surface area contributed by atoms with E-state index in [1.54, 1.807) is 11.3 Å². The van der Waals surface area contributed by atoms with Gasteiger partial charge in [-0.05, 0) is 24.5 Å². The summed E-state index contributed by atoms with van der Waals surface area (Å²) >= 11 is 1.67. The van der Waals surface area contributed by atoms with E-state index in [1.165, 1.54) is 16.8 Å². The van der Waals surface area contributed by atoms with Crippen molar-refractivity contribution in [1.29, 1.82) is 0 Å². The van der Waals surface area contributed by atoms with Crippen molar-refractivity contribution in [2.75, 3.05) is 0 Å². The first kappa shape index (κ1) is 18.2. The minimum Gasteiger partial charge on any atom is -0.504 e. The Kier molecular flexibility index (Phi) is 4.00. The number of nitrogens with zero attached hydrogens (tertiary/aromatic N) is 3. The number of rotatable bonds is 2. The van der Waals surface area contributed by atoms with E-state index in [0.717, 1.165) is 28.5 Å². The van der Waals surface area contributed by atoms with Gasteiger partial charge in [-0.15, -0.1) is 11.3 Å². The molecule has 0 aliphatic heterocycles. The lowest BCUT2D eigenvalue weighted by atomic mass is 10.0. The van der Waals surface area contributed by atoms with Crippen LogP contribution in [0.5, 0.6) is 28.7 Å². The van der Waals surface area contributed by atoms with Crippen molar-refractivity contribution in [1.82, 2.24) is 15.0 Å². The van der Waals surface area contributed by atoms with E-state index in [-0.39, 0.29) is 5.82 Å². The summed E-state index contributed by atoms with van der Waals surface area (Å²) < 4.78 is 1.01. The zero-order valence-electron chi connectivity index (χ0n) is 15.4. The standard InChI is InChI=1S/C21H15N3O5S/c25-14-13(15(26)17(28)18(29)16(14)27)21-23-8-22-20(24-21)11-6-3-5-10-9-4-1-2-7-12(9)30-19(10)11/h1,3-6,8,25-29H,2,7H2.